The second-order valence-corrected chi connectivity index (χ2v) is 7.26. The molecule has 138 valence electrons. The second-order valence-electron chi connectivity index (χ2n) is 6.18. The Labute approximate surface area is 155 Å². The van der Waals surface area contributed by atoms with Crippen LogP contribution in [0.4, 0.5) is 9.93 Å². The maximum atomic E-state index is 12.8. The van der Waals surface area contributed by atoms with Crippen LogP contribution in [0.3, 0.4) is 0 Å². The largest absolute Gasteiger partial charge is 0.480 e. The molecule has 0 spiro atoms. The van der Waals surface area contributed by atoms with Gasteiger partial charge in [-0.1, -0.05) is 11.3 Å². The van der Waals surface area contributed by atoms with E-state index in [9.17, 15) is 9.59 Å². The summed E-state index contributed by atoms with van der Waals surface area (Å²) >= 11 is 1.39. The van der Waals surface area contributed by atoms with Gasteiger partial charge in [-0.3, -0.25) is 10.1 Å². The predicted octanol–water partition coefficient (Wildman–Crippen LogP) is 2.28. The molecule has 0 saturated heterocycles. The number of fused-ring (bicyclic) bond motifs is 1. The summed E-state index contributed by atoms with van der Waals surface area (Å²) in [4.78, 5) is 35.9. The topological polar surface area (TPSA) is 96.4 Å². The van der Waals surface area contributed by atoms with Gasteiger partial charge >= 0.3 is 6.03 Å². The highest BCUT2D eigenvalue weighted by Gasteiger charge is 2.27. The van der Waals surface area contributed by atoms with Gasteiger partial charge in [-0.2, -0.15) is 0 Å². The summed E-state index contributed by atoms with van der Waals surface area (Å²) in [5.74, 6) is 0.196. The number of thiazole rings is 1. The highest BCUT2D eigenvalue weighted by molar-refractivity contribution is 7.15. The average molecular weight is 375 g/mol. The van der Waals surface area contributed by atoms with Crippen molar-refractivity contribution < 1.29 is 14.3 Å². The monoisotopic (exact) mass is 375 g/mol. The lowest BCUT2D eigenvalue weighted by Crippen LogP contribution is -2.35. The Morgan fingerprint density at radius 1 is 1.38 bits per heavy atom. The number of rotatable bonds is 4. The van der Waals surface area contributed by atoms with Crippen LogP contribution in [0, 0.1) is 0 Å². The van der Waals surface area contributed by atoms with Gasteiger partial charge in [0.2, 0.25) is 5.88 Å². The quantitative estimate of drug-likeness (QED) is 0.855. The summed E-state index contributed by atoms with van der Waals surface area (Å²) in [7, 11) is 1.50. The van der Waals surface area contributed by atoms with Crippen LogP contribution in [0.1, 0.15) is 34.8 Å². The SMILES string of the molecule is COc1ncccc1C(=O)N1CCc2nc(NC(=O)NC(C)C)sc2C1. The highest BCUT2D eigenvalue weighted by atomic mass is 32.1. The number of nitrogens with one attached hydrogen (secondary N) is 2. The van der Waals surface area contributed by atoms with Gasteiger partial charge in [0.25, 0.3) is 5.91 Å². The lowest BCUT2D eigenvalue weighted by Gasteiger charge is -2.26. The van der Waals surface area contributed by atoms with E-state index in [4.69, 9.17) is 4.74 Å². The molecule has 0 fully saturated rings. The van der Waals surface area contributed by atoms with Gasteiger partial charge in [0.15, 0.2) is 5.13 Å². The molecule has 3 heterocycles. The summed E-state index contributed by atoms with van der Waals surface area (Å²) < 4.78 is 5.18. The molecule has 2 aromatic heterocycles. The summed E-state index contributed by atoms with van der Waals surface area (Å²) in [6.45, 7) is 4.80. The third-order valence-electron chi connectivity index (χ3n) is 3.85. The van der Waals surface area contributed by atoms with E-state index in [0.29, 0.717) is 36.1 Å². The van der Waals surface area contributed by atoms with Crippen molar-refractivity contribution in [1.29, 1.82) is 0 Å². The number of carbonyl (C=O) groups excluding carboxylic acids is 2. The lowest BCUT2D eigenvalue weighted by atomic mass is 10.1. The lowest BCUT2D eigenvalue weighted by molar-refractivity contribution is 0.0732. The first kappa shape index (κ1) is 18.1. The predicted molar refractivity (Wildman–Crippen MR) is 98.6 cm³/mol. The van der Waals surface area contributed by atoms with E-state index >= 15 is 0 Å². The molecule has 3 amide bonds. The maximum absolute atomic E-state index is 12.8. The van der Waals surface area contributed by atoms with E-state index in [-0.39, 0.29) is 18.0 Å². The number of aromatic nitrogens is 2. The number of hydrogen-bond donors (Lipinski definition) is 2. The summed E-state index contributed by atoms with van der Waals surface area (Å²) in [6.07, 6.45) is 2.24. The number of ether oxygens (including phenoxy) is 1. The molecule has 0 bridgehead atoms. The first-order valence-corrected chi connectivity index (χ1v) is 9.14. The summed E-state index contributed by atoms with van der Waals surface area (Å²) in [5.41, 5.74) is 1.37. The van der Waals surface area contributed by atoms with Crippen molar-refractivity contribution in [3.8, 4) is 5.88 Å². The van der Waals surface area contributed by atoms with Gasteiger partial charge < -0.3 is 15.0 Å². The van der Waals surface area contributed by atoms with Crippen molar-refractivity contribution in [2.24, 2.45) is 0 Å². The molecule has 1 aliphatic heterocycles. The number of pyridine rings is 1. The van der Waals surface area contributed by atoms with Crippen LogP contribution in [0.15, 0.2) is 18.3 Å². The minimum absolute atomic E-state index is 0.0483. The Hall–Kier alpha value is -2.68. The standard InChI is InChI=1S/C17H21N5O3S/c1-10(2)19-16(24)21-17-20-12-6-8-22(9-13(12)26-17)15(23)11-5-4-7-18-14(11)25-3/h4-5,7,10H,6,8-9H2,1-3H3,(H2,19,20,21,24). The molecule has 1 aliphatic rings. The zero-order valence-electron chi connectivity index (χ0n) is 14.9. The Balaban J connectivity index is 1.71. The molecule has 0 radical (unpaired) electrons. The molecule has 0 atom stereocenters. The zero-order chi connectivity index (χ0) is 18.7. The molecule has 8 nitrogen and oxygen atoms in total. The van der Waals surface area contributed by atoms with Crippen molar-refractivity contribution in [2.75, 3.05) is 19.0 Å². The molecule has 0 saturated carbocycles. The third kappa shape index (κ3) is 3.93. The normalized spacial score (nSPS) is 13.3. The molecule has 3 rings (SSSR count). The molecule has 2 aromatic rings. The van der Waals surface area contributed by atoms with Crippen LogP contribution in [-0.4, -0.2) is 46.5 Å². The second kappa shape index (κ2) is 7.69. The first-order chi connectivity index (χ1) is 12.5. The fourth-order valence-corrected chi connectivity index (χ4v) is 3.72. The van der Waals surface area contributed by atoms with Crippen LogP contribution < -0.4 is 15.4 Å². The van der Waals surface area contributed by atoms with Crippen LogP contribution in [0.25, 0.3) is 0 Å². The Morgan fingerprint density at radius 2 is 2.19 bits per heavy atom. The minimum Gasteiger partial charge on any atom is -0.480 e. The molecule has 0 aliphatic carbocycles. The smallest absolute Gasteiger partial charge is 0.321 e. The van der Waals surface area contributed by atoms with Gasteiger partial charge in [-0.15, -0.1) is 0 Å². The van der Waals surface area contributed by atoms with Crippen molar-refractivity contribution in [2.45, 2.75) is 32.9 Å². The van der Waals surface area contributed by atoms with Gasteiger partial charge in [0.1, 0.15) is 5.56 Å². The number of nitrogens with zero attached hydrogens (tertiary/aromatic N) is 3. The number of carbonyl (C=O) groups is 2. The fraction of sp³-hybridized carbons (Fsp3) is 0.412. The minimum atomic E-state index is -0.279. The van der Waals surface area contributed by atoms with Gasteiger partial charge in [-0.25, -0.2) is 14.8 Å². The molecule has 2 N–H and O–H groups in total. The van der Waals surface area contributed by atoms with E-state index in [1.165, 1.54) is 18.4 Å². The van der Waals surface area contributed by atoms with Crippen molar-refractivity contribution in [1.82, 2.24) is 20.2 Å². The molecular weight excluding hydrogens is 354 g/mol. The molecular formula is C17H21N5O3S. The van der Waals surface area contributed by atoms with Gasteiger partial charge in [0.05, 0.1) is 19.3 Å². The number of urea groups is 1. The molecule has 0 aromatic carbocycles. The zero-order valence-corrected chi connectivity index (χ0v) is 15.7. The number of methoxy groups -OCH3 is 1. The van der Waals surface area contributed by atoms with Crippen LogP contribution in [0.2, 0.25) is 0 Å². The molecule has 0 unspecified atom stereocenters. The third-order valence-corrected chi connectivity index (χ3v) is 4.85. The van der Waals surface area contributed by atoms with Crippen LogP contribution in [-0.2, 0) is 13.0 Å². The number of hydrogen-bond acceptors (Lipinski definition) is 6. The fourth-order valence-electron chi connectivity index (χ4n) is 2.70. The Morgan fingerprint density at radius 3 is 2.92 bits per heavy atom. The summed E-state index contributed by atoms with van der Waals surface area (Å²) in [5, 5.41) is 6.06. The van der Waals surface area contributed by atoms with Gasteiger partial charge in [0, 0.05) is 30.1 Å². The van der Waals surface area contributed by atoms with Crippen molar-refractivity contribution >= 4 is 28.4 Å². The number of anilines is 1. The van der Waals surface area contributed by atoms with E-state index in [1.807, 2.05) is 13.8 Å². The van der Waals surface area contributed by atoms with Crippen LogP contribution in [0.5, 0.6) is 5.88 Å². The van der Waals surface area contributed by atoms with Crippen LogP contribution >= 0.6 is 11.3 Å². The molecule has 9 heteroatoms. The van der Waals surface area contributed by atoms with Gasteiger partial charge in [-0.05, 0) is 26.0 Å². The Kier molecular flexibility index (Phi) is 5.36. The number of amides is 3. The van der Waals surface area contributed by atoms with E-state index in [2.05, 4.69) is 20.6 Å². The summed E-state index contributed by atoms with van der Waals surface area (Å²) in [6, 6.07) is 3.19. The van der Waals surface area contributed by atoms with E-state index in [1.54, 1.807) is 23.2 Å². The van der Waals surface area contributed by atoms with E-state index < -0.39 is 0 Å². The highest BCUT2D eigenvalue weighted by Crippen LogP contribution is 2.29. The average Bonchev–Trinajstić information content (AvgIpc) is 3.01. The van der Waals surface area contributed by atoms with E-state index in [0.717, 1.165) is 10.6 Å². The van der Waals surface area contributed by atoms with Crippen molar-refractivity contribution in [3.05, 3.63) is 34.5 Å². The van der Waals surface area contributed by atoms with Crippen molar-refractivity contribution in [3.63, 3.8) is 0 Å². The molecule has 26 heavy (non-hydrogen) atoms. The Bertz CT molecular complexity index is 820. The first-order valence-electron chi connectivity index (χ1n) is 8.32. The maximum Gasteiger partial charge on any atom is 0.321 e.